The largest absolute Gasteiger partial charge is 0.350 e. The van der Waals surface area contributed by atoms with E-state index >= 15 is 0 Å². The smallest absolute Gasteiger partial charge is 0.286 e. The van der Waals surface area contributed by atoms with Crippen molar-refractivity contribution in [3.05, 3.63) is 113 Å². The molecule has 0 saturated heterocycles. The van der Waals surface area contributed by atoms with Gasteiger partial charge in [-0.15, -0.1) is 0 Å². The number of rotatable bonds is 4. The van der Waals surface area contributed by atoms with E-state index in [1.807, 2.05) is 84.9 Å². The number of nitrogens with zero attached hydrogens (tertiary/aromatic N) is 4. The van der Waals surface area contributed by atoms with E-state index in [0.29, 0.717) is 17.9 Å². The molecule has 6 heteroatoms. The zero-order chi connectivity index (χ0) is 21.9. The fourth-order valence-corrected chi connectivity index (χ4v) is 4.09. The van der Waals surface area contributed by atoms with Crippen molar-refractivity contribution in [3.63, 3.8) is 0 Å². The normalized spacial score (nSPS) is 13.8. The Labute approximate surface area is 194 Å². The highest BCUT2D eigenvalue weighted by Crippen LogP contribution is 2.31. The quantitative estimate of drug-likeness (QED) is 0.339. The first-order valence-electron chi connectivity index (χ1n) is 10.2. The van der Waals surface area contributed by atoms with Crippen molar-refractivity contribution in [2.24, 2.45) is 5.10 Å². The lowest BCUT2D eigenvalue weighted by molar-refractivity contribution is 0.251. The van der Waals surface area contributed by atoms with Gasteiger partial charge in [0.2, 0.25) is 0 Å². The third kappa shape index (κ3) is 3.92. The van der Waals surface area contributed by atoms with Crippen LogP contribution in [0.3, 0.4) is 0 Å². The first kappa shape index (κ1) is 20.2. The number of carbonyl (C=O) groups is 1. The van der Waals surface area contributed by atoms with Crippen molar-refractivity contribution in [1.29, 1.82) is 0 Å². The van der Waals surface area contributed by atoms with E-state index in [9.17, 15) is 4.79 Å². The predicted octanol–water partition coefficient (Wildman–Crippen LogP) is 6.36. The number of para-hydroxylation sites is 1. The first-order chi connectivity index (χ1) is 15.7. The molecule has 0 spiro atoms. The number of benzene rings is 3. The molecule has 32 heavy (non-hydrogen) atoms. The summed E-state index contributed by atoms with van der Waals surface area (Å²) >= 11 is 3.55. The molecule has 0 atom stereocenters. The van der Waals surface area contributed by atoms with E-state index < -0.39 is 0 Å². The fraction of sp³-hybridized carbons (Fsp3) is 0.0385. The highest BCUT2D eigenvalue weighted by molar-refractivity contribution is 9.10. The Morgan fingerprint density at radius 1 is 0.750 bits per heavy atom. The zero-order valence-corrected chi connectivity index (χ0v) is 18.7. The summed E-state index contributed by atoms with van der Waals surface area (Å²) in [6.07, 6.45) is 1.73. The molecule has 1 aromatic heterocycles. The molecule has 0 fully saturated rings. The molecule has 0 aliphatic carbocycles. The monoisotopic (exact) mass is 482 g/mol. The number of amides is 2. The molecule has 3 aromatic carbocycles. The number of aromatic nitrogens is 1. The molecular weight excluding hydrogens is 464 g/mol. The molecule has 5 nitrogen and oxygen atoms in total. The summed E-state index contributed by atoms with van der Waals surface area (Å²) < 4.78 is 0.791. The zero-order valence-electron chi connectivity index (χ0n) is 17.1. The molecule has 156 valence electrons. The van der Waals surface area contributed by atoms with Crippen LogP contribution >= 0.6 is 15.9 Å². The second-order valence-corrected chi connectivity index (χ2v) is 8.16. The molecule has 5 rings (SSSR count). The third-order valence-electron chi connectivity index (χ3n) is 5.27. The summed E-state index contributed by atoms with van der Waals surface area (Å²) in [6.45, 7) is 0.335. The van der Waals surface area contributed by atoms with Gasteiger partial charge in [0.25, 0.3) is 0 Å². The lowest BCUT2D eigenvalue weighted by atomic mass is 10.1. The van der Waals surface area contributed by atoms with Crippen LogP contribution in [-0.2, 0) is 0 Å². The van der Waals surface area contributed by atoms with E-state index in [4.69, 9.17) is 0 Å². The highest BCUT2D eigenvalue weighted by Gasteiger charge is 2.32. The molecule has 0 bridgehead atoms. The Morgan fingerprint density at radius 3 is 2.16 bits per heavy atom. The minimum absolute atomic E-state index is 0.218. The molecule has 0 N–H and O–H groups in total. The van der Waals surface area contributed by atoms with Crippen LogP contribution < -0.4 is 9.91 Å². The lowest BCUT2D eigenvalue weighted by Gasteiger charge is -2.33. The SMILES string of the molecule is O=C1N(c2ccc(-c3ccccc3)cc2)CC(c2ccccn2)=NN1c1ccccc1Br. The van der Waals surface area contributed by atoms with Crippen LogP contribution in [0, 0.1) is 0 Å². The number of pyridine rings is 1. The Balaban J connectivity index is 1.55. The predicted molar refractivity (Wildman–Crippen MR) is 132 cm³/mol. The van der Waals surface area contributed by atoms with Crippen LogP contribution in [0.15, 0.2) is 113 Å². The first-order valence-corrected chi connectivity index (χ1v) is 11.0. The maximum absolute atomic E-state index is 13.5. The van der Waals surface area contributed by atoms with Crippen LogP contribution in [0.5, 0.6) is 0 Å². The van der Waals surface area contributed by atoms with Crippen LogP contribution in [0.1, 0.15) is 5.69 Å². The molecule has 0 saturated carbocycles. The minimum atomic E-state index is -0.218. The molecule has 0 unspecified atom stereocenters. The molecule has 1 aliphatic rings. The van der Waals surface area contributed by atoms with E-state index in [0.717, 1.165) is 27.0 Å². The number of carbonyl (C=O) groups excluding carboxylic acids is 1. The van der Waals surface area contributed by atoms with Crippen molar-refractivity contribution in [3.8, 4) is 11.1 Å². The lowest BCUT2D eigenvalue weighted by Crippen LogP contribution is -2.49. The second-order valence-electron chi connectivity index (χ2n) is 7.31. The summed E-state index contributed by atoms with van der Waals surface area (Å²) in [5.41, 5.74) is 5.16. The van der Waals surface area contributed by atoms with Gasteiger partial charge < -0.3 is 0 Å². The summed E-state index contributed by atoms with van der Waals surface area (Å²) in [4.78, 5) is 19.7. The maximum atomic E-state index is 13.5. The number of urea groups is 1. The second kappa shape index (κ2) is 8.77. The minimum Gasteiger partial charge on any atom is -0.286 e. The van der Waals surface area contributed by atoms with Gasteiger partial charge in [-0.3, -0.25) is 9.88 Å². The average Bonchev–Trinajstić information content (AvgIpc) is 2.86. The summed E-state index contributed by atoms with van der Waals surface area (Å²) in [7, 11) is 0. The van der Waals surface area contributed by atoms with Gasteiger partial charge in [0.05, 0.1) is 17.9 Å². The number of hydrazone groups is 1. The highest BCUT2D eigenvalue weighted by atomic mass is 79.9. The Hall–Kier alpha value is -3.77. The number of hydrogen-bond donors (Lipinski definition) is 0. The molecule has 1 aliphatic heterocycles. The molecule has 4 aromatic rings. The van der Waals surface area contributed by atoms with Gasteiger partial charge in [0, 0.05) is 16.4 Å². The van der Waals surface area contributed by atoms with E-state index in [1.54, 1.807) is 11.1 Å². The van der Waals surface area contributed by atoms with Gasteiger partial charge in [-0.1, -0.05) is 60.7 Å². The van der Waals surface area contributed by atoms with E-state index in [2.05, 4.69) is 38.1 Å². The van der Waals surface area contributed by atoms with Gasteiger partial charge in [-0.25, -0.2) is 4.79 Å². The van der Waals surface area contributed by atoms with Gasteiger partial charge in [0.15, 0.2) is 0 Å². The van der Waals surface area contributed by atoms with Gasteiger partial charge in [0.1, 0.15) is 5.71 Å². The fourth-order valence-electron chi connectivity index (χ4n) is 3.64. The van der Waals surface area contributed by atoms with Gasteiger partial charge in [-0.2, -0.15) is 10.1 Å². The number of hydrogen-bond acceptors (Lipinski definition) is 3. The van der Waals surface area contributed by atoms with Crippen molar-refractivity contribution >= 4 is 39.0 Å². The molecule has 2 heterocycles. The standard InChI is InChI=1S/C26H19BrN4O/c27-22-10-4-5-12-25(22)31-26(32)30(18-24(29-31)23-11-6-7-17-28-23)21-15-13-20(14-16-21)19-8-2-1-3-9-19/h1-17H,18H2. The third-order valence-corrected chi connectivity index (χ3v) is 5.94. The van der Waals surface area contributed by atoms with E-state index in [-0.39, 0.29) is 6.03 Å². The molecule has 2 amide bonds. The topological polar surface area (TPSA) is 48.8 Å². The van der Waals surface area contributed by atoms with Crippen LogP contribution in [0.4, 0.5) is 16.2 Å². The van der Waals surface area contributed by atoms with Crippen molar-refractivity contribution < 1.29 is 4.79 Å². The maximum Gasteiger partial charge on any atom is 0.350 e. The number of anilines is 2. The molecule has 0 radical (unpaired) electrons. The summed E-state index contributed by atoms with van der Waals surface area (Å²) in [5, 5.41) is 6.10. The Morgan fingerprint density at radius 2 is 1.44 bits per heavy atom. The van der Waals surface area contributed by atoms with Crippen molar-refractivity contribution in [2.45, 2.75) is 0 Å². The Bertz CT molecular complexity index is 1270. The van der Waals surface area contributed by atoms with Crippen LogP contribution in [0.2, 0.25) is 0 Å². The average molecular weight is 483 g/mol. The van der Waals surface area contributed by atoms with Gasteiger partial charge in [-0.05, 0) is 63.5 Å². The summed E-state index contributed by atoms with van der Waals surface area (Å²) in [5.74, 6) is 0. The van der Waals surface area contributed by atoms with Crippen molar-refractivity contribution in [2.75, 3.05) is 16.5 Å². The van der Waals surface area contributed by atoms with Crippen LogP contribution in [0.25, 0.3) is 11.1 Å². The van der Waals surface area contributed by atoms with Crippen LogP contribution in [-0.4, -0.2) is 23.3 Å². The van der Waals surface area contributed by atoms with Crippen molar-refractivity contribution in [1.82, 2.24) is 4.98 Å². The number of halogens is 1. The van der Waals surface area contributed by atoms with E-state index in [1.165, 1.54) is 5.01 Å². The summed E-state index contributed by atoms with van der Waals surface area (Å²) in [6, 6.07) is 31.2. The Kier molecular flexibility index (Phi) is 5.52. The molecular formula is C26H19BrN4O. The van der Waals surface area contributed by atoms with Gasteiger partial charge >= 0.3 is 6.03 Å².